The van der Waals surface area contributed by atoms with Crippen LogP contribution < -0.4 is 0 Å². The van der Waals surface area contributed by atoms with Gasteiger partial charge in [0.05, 0.1) is 12.2 Å². The lowest BCUT2D eigenvalue weighted by atomic mass is 9.92. The SMILES string of the molecule is Cc1c(Br)cccc1C(C)CC1OC1C. The van der Waals surface area contributed by atoms with Gasteiger partial charge >= 0.3 is 0 Å². The lowest BCUT2D eigenvalue weighted by molar-refractivity contribution is 0.362. The number of epoxide rings is 1. The molecule has 82 valence electrons. The molecule has 1 aliphatic heterocycles. The van der Waals surface area contributed by atoms with E-state index in [0.717, 1.165) is 6.42 Å². The van der Waals surface area contributed by atoms with Gasteiger partial charge in [0, 0.05) is 4.47 Å². The summed E-state index contributed by atoms with van der Waals surface area (Å²) in [4.78, 5) is 0. The Labute approximate surface area is 100.0 Å². The molecule has 0 aromatic heterocycles. The molecule has 1 aliphatic rings. The quantitative estimate of drug-likeness (QED) is 0.754. The van der Waals surface area contributed by atoms with Crippen LogP contribution in [0.15, 0.2) is 22.7 Å². The second-order valence-corrected chi connectivity index (χ2v) is 5.32. The first kappa shape index (κ1) is 11.2. The van der Waals surface area contributed by atoms with Crippen molar-refractivity contribution in [2.75, 3.05) is 0 Å². The second-order valence-electron chi connectivity index (χ2n) is 4.47. The van der Waals surface area contributed by atoms with E-state index in [2.05, 4.69) is 54.9 Å². The van der Waals surface area contributed by atoms with Crippen molar-refractivity contribution < 1.29 is 4.74 Å². The molecule has 1 heterocycles. The van der Waals surface area contributed by atoms with Crippen LogP contribution in [-0.4, -0.2) is 12.2 Å². The summed E-state index contributed by atoms with van der Waals surface area (Å²) in [5.74, 6) is 0.581. The minimum atomic E-state index is 0.472. The maximum Gasteiger partial charge on any atom is 0.0844 e. The summed E-state index contributed by atoms with van der Waals surface area (Å²) in [6.45, 7) is 6.60. The maximum atomic E-state index is 5.47. The first-order chi connectivity index (χ1) is 7.09. The minimum Gasteiger partial charge on any atom is -0.370 e. The van der Waals surface area contributed by atoms with Gasteiger partial charge in [0.1, 0.15) is 0 Å². The Bertz CT molecular complexity index is 362. The van der Waals surface area contributed by atoms with E-state index in [1.165, 1.54) is 15.6 Å². The van der Waals surface area contributed by atoms with Crippen LogP contribution >= 0.6 is 15.9 Å². The fraction of sp³-hybridized carbons (Fsp3) is 0.538. The van der Waals surface area contributed by atoms with E-state index in [1.54, 1.807) is 0 Å². The highest BCUT2D eigenvalue weighted by Gasteiger charge is 2.35. The van der Waals surface area contributed by atoms with E-state index in [1.807, 2.05) is 0 Å². The Morgan fingerprint density at radius 3 is 2.73 bits per heavy atom. The Kier molecular flexibility index (Phi) is 3.17. The maximum absolute atomic E-state index is 5.47. The van der Waals surface area contributed by atoms with Crippen LogP contribution in [0.3, 0.4) is 0 Å². The van der Waals surface area contributed by atoms with Gasteiger partial charge in [-0.05, 0) is 43.4 Å². The molecule has 1 aromatic carbocycles. The molecule has 0 N–H and O–H groups in total. The Balaban J connectivity index is 2.11. The summed E-state index contributed by atoms with van der Waals surface area (Å²) in [6.07, 6.45) is 2.09. The van der Waals surface area contributed by atoms with E-state index in [-0.39, 0.29) is 0 Å². The first-order valence-corrected chi connectivity index (χ1v) is 6.29. The molecule has 0 saturated carbocycles. The largest absolute Gasteiger partial charge is 0.370 e. The number of benzene rings is 1. The molecule has 0 radical (unpaired) electrons. The van der Waals surface area contributed by atoms with Crippen molar-refractivity contribution in [3.05, 3.63) is 33.8 Å². The molecule has 2 heteroatoms. The number of ether oxygens (including phenoxy) is 1. The molecule has 3 unspecified atom stereocenters. The van der Waals surface area contributed by atoms with Crippen molar-refractivity contribution in [1.29, 1.82) is 0 Å². The van der Waals surface area contributed by atoms with Gasteiger partial charge in [-0.25, -0.2) is 0 Å². The number of hydrogen-bond donors (Lipinski definition) is 0. The van der Waals surface area contributed by atoms with Crippen LogP contribution in [0.25, 0.3) is 0 Å². The molecule has 15 heavy (non-hydrogen) atoms. The molecule has 1 saturated heterocycles. The second kappa shape index (κ2) is 4.26. The predicted octanol–water partition coefficient (Wildman–Crippen LogP) is 4.04. The van der Waals surface area contributed by atoms with Gasteiger partial charge in [0.2, 0.25) is 0 Å². The van der Waals surface area contributed by atoms with Crippen LogP contribution in [0.2, 0.25) is 0 Å². The molecule has 0 spiro atoms. The molecule has 1 aromatic rings. The van der Waals surface area contributed by atoms with Gasteiger partial charge in [-0.15, -0.1) is 0 Å². The molecular weight excluding hydrogens is 252 g/mol. The molecule has 3 atom stereocenters. The third kappa shape index (κ3) is 2.43. The van der Waals surface area contributed by atoms with E-state index in [4.69, 9.17) is 4.74 Å². The van der Waals surface area contributed by atoms with Crippen LogP contribution in [-0.2, 0) is 4.74 Å². The van der Waals surface area contributed by atoms with Crippen LogP contribution in [0.1, 0.15) is 37.3 Å². The number of halogens is 1. The van der Waals surface area contributed by atoms with Crippen molar-refractivity contribution in [2.24, 2.45) is 0 Å². The summed E-state index contributed by atoms with van der Waals surface area (Å²) in [6, 6.07) is 6.43. The predicted molar refractivity (Wildman–Crippen MR) is 66.2 cm³/mol. The van der Waals surface area contributed by atoms with Crippen molar-refractivity contribution in [1.82, 2.24) is 0 Å². The Hall–Kier alpha value is -0.340. The van der Waals surface area contributed by atoms with Gasteiger partial charge < -0.3 is 4.74 Å². The van der Waals surface area contributed by atoms with Crippen LogP contribution in [0.5, 0.6) is 0 Å². The van der Waals surface area contributed by atoms with Crippen molar-refractivity contribution >= 4 is 15.9 Å². The van der Waals surface area contributed by atoms with E-state index in [0.29, 0.717) is 18.1 Å². The minimum absolute atomic E-state index is 0.472. The third-order valence-corrected chi connectivity index (χ3v) is 4.12. The highest BCUT2D eigenvalue weighted by Crippen LogP contribution is 2.34. The first-order valence-electron chi connectivity index (χ1n) is 5.50. The van der Waals surface area contributed by atoms with Crippen molar-refractivity contribution in [3.8, 4) is 0 Å². The zero-order valence-corrected chi connectivity index (χ0v) is 11.0. The molecular formula is C13H17BrO. The molecule has 1 fully saturated rings. The standard InChI is InChI=1S/C13H17BrO/c1-8(7-13-10(3)15-13)11-5-4-6-12(14)9(11)2/h4-6,8,10,13H,7H2,1-3H3. The third-order valence-electron chi connectivity index (χ3n) is 3.26. The number of hydrogen-bond acceptors (Lipinski definition) is 1. The topological polar surface area (TPSA) is 12.5 Å². The normalized spacial score (nSPS) is 26.4. The summed E-state index contributed by atoms with van der Waals surface area (Å²) in [5, 5.41) is 0. The zero-order chi connectivity index (χ0) is 11.0. The van der Waals surface area contributed by atoms with E-state index < -0.39 is 0 Å². The van der Waals surface area contributed by atoms with Crippen LogP contribution in [0, 0.1) is 6.92 Å². The average Bonchev–Trinajstić information content (AvgIpc) is 2.86. The molecule has 0 amide bonds. The van der Waals surface area contributed by atoms with Gasteiger partial charge in [0.25, 0.3) is 0 Å². The zero-order valence-electron chi connectivity index (χ0n) is 9.46. The van der Waals surface area contributed by atoms with Crippen molar-refractivity contribution in [3.63, 3.8) is 0 Å². The highest BCUT2D eigenvalue weighted by molar-refractivity contribution is 9.10. The smallest absolute Gasteiger partial charge is 0.0844 e. The molecule has 0 aliphatic carbocycles. The summed E-state index contributed by atoms with van der Waals surface area (Å²) in [5.41, 5.74) is 2.80. The molecule has 0 bridgehead atoms. The summed E-state index contributed by atoms with van der Waals surface area (Å²) < 4.78 is 6.67. The lowest BCUT2D eigenvalue weighted by Gasteiger charge is -2.14. The van der Waals surface area contributed by atoms with Gasteiger partial charge in [-0.1, -0.05) is 35.0 Å². The van der Waals surface area contributed by atoms with Crippen molar-refractivity contribution in [2.45, 2.75) is 45.3 Å². The van der Waals surface area contributed by atoms with E-state index in [9.17, 15) is 0 Å². The highest BCUT2D eigenvalue weighted by atomic mass is 79.9. The fourth-order valence-electron chi connectivity index (χ4n) is 2.11. The van der Waals surface area contributed by atoms with E-state index >= 15 is 0 Å². The lowest BCUT2D eigenvalue weighted by Crippen LogP contribution is -2.02. The molecule has 1 nitrogen and oxygen atoms in total. The molecule has 2 rings (SSSR count). The summed E-state index contributed by atoms with van der Waals surface area (Å²) >= 11 is 3.58. The summed E-state index contributed by atoms with van der Waals surface area (Å²) in [7, 11) is 0. The Morgan fingerprint density at radius 2 is 2.13 bits per heavy atom. The number of rotatable bonds is 3. The Morgan fingerprint density at radius 1 is 1.47 bits per heavy atom. The van der Waals surface area contributed by atoms with Gasteiger partial charge in [-0.3, -0.25) is 0 Å². The van der Waals surface area contributed by atoms with Gasteiger partial charge in [0.15, 0.2) is 0 Å². The van der Waals surface area contributed by atoms with Gasteiger partial charge in [-0.2, -0.15) is 0 Å². The average molecular weight is 269 g/mol. The van der Waals surface area contributed by atoms with Crippen LogP contribution in [0.4, 0.5) is 0 Å². The monoisotopic (exact) mass is 268 g/mol. The fourth-order valence-corrected chi connectivity index (χ4v) is 2.49.